The minimum atomic E-state index is -2.61. The van der Waals surface area contributed by atoms with Gasteiger partial charge in [0.1, 0.15) is 0 Å². The van der Waals surface area contributed by atoms with Crippen molar-refractivity contribution in [1.82, 2.24) is 0 Å². The fourth-order valence-corrected chi connectivity index (χ4v) is 2.85. The van der Waals surface area contributed by atoms with Crippen molar-refractivity contribution in [3.8, 4) is 11.5 Å². The SMILES string of the molecule is O=C(c1ccc2c(c1)OCCCO2)C1CCC(F)(F)CC1. The molecule has 3 rings (SSSR count). The molecule has 1 aliphatic carbocycles. The Hall–Kier alpha value is -1.65. The van der Waals surface area contributed by atoms with E-state index in [4.69, 9.17) is 9.47 Å². The van der Waals surface area contributed by atoms with Crippen molar-refractivity contribution >= 4 is 5.78 Å². The number of rotatable bonds is 2. The highest BCUT2D eigenvalue weighted by atomic mass is 19.3. The number of alkyl halides is 2. The number of carbonyl (C=O) groups is 1. The molecule has 1 heterocycles. The van der Waals surface area contributed by atoms with Crippen LogP contribution >= 0.6 is 0 Å². The highest BCUT2D eigenvalue weighted by molar-refractivity contribution is 5.98. The lowest BCUT2D eigenvalue weighted by Gasteiger charge is -2.27. The minimum absolute atomic E-state index is 0.0684. The Kier molecular flexibility index (Phi) is 3.83. The van der Waals surface area contributed by atoms with Crippen LogP contribution in [0.2, 0.25) is 0 Å². The average Bonchev–Trinajstić information content (AvgIpc) is 2.71. The third kappa shape index (κ3) is 3.17. The molecule has 3 nitrogen and oxygen atoms in total. The van der Waals surface area contributed by atoms with E-state index in [0.717, 1.165) is 6.42 Å². The quantitative estimate of drug-likeness (QED) is 0.777. The lowest BCUT2D eigenvalue weighted by Crippen LogP contribution is -2.28. The van der Waals surface area contributed by atoms with Gasteiger partial charge >= 0.3 is 0 Å². The molecule has 0 unspecified atom stereocenters. The predicted molar refractivity (Wildman–Crippen MR) is 73.3 cm³/mol. The summed E-state index contributed by atoms with van der Waals surface area (Å²) in [5.41, 5.74) is 0.523. The van der Waals surface area contributed by atoms with Gasteiger partial charge in [-0.05, 0) is 31.0 Å². The Morgan fingerprint density at radius 1 is 1.10 bits per heavy atom. The van der Waals surface area contributed by atoms with E-state index in [1.807, 2.05) is 0 Å². The Morgan fingerprint density at radius 2 is 1.76 bits per heavy atom. The topological polar surface area (TPSA) is 35.5 Å². The lowest BCUT2D eigenvalue weighted by molar-refractivity contribution is -0.0424. The summed E-state index contributed by atoms with van der Waals surface area (Å²) < 4.78 is 37.4. The molecule has 0 N–H and O–H groups in total. The zero-order chi connectivity index (χ0) is 14.9. The van der Waals surface area contributed by atoms with Crippen molar-refractivity contribution < 1.29 is 23.0 Å². The molecular formula is C16H18F2O3. The molecule has 1 aliphatic heterocycles. The molecule has 0 bridgehead atoms. The molecule has 0 aromatic heterocycles. The Balaban J connectivity index is 1.75. The molecule has 0 atom stereocenters. The van der Waals surface area contributed by atoms with Gasteiger partial charge in [-0.1, -0.05) is 0 Å². The van der Waals surface area contributed by atoms with Gasteiger partial charge in [0.05, 0.1) is 13.2 Å². The molecule has 0 saturated heterocycles. The van der Waals surface area contributed by atoms with Gasteiger partial charge in [0.2, 0.25) is 5.92 Å². The molecule has 1 saturated carbocycles. The first-order valence-electron chi connectivity index (χ1n) is 7.37. The molecule has 0 amide bonds. The standard InChI is InChI=1S/C16H18F2O3/c17-16(18)6-4-11(5-7-16)15(19)12-2-3-13-14(10-12)21-9-1-8-20-13/h2-3,10-11H,1,4-9H2. The number of carbonyl (C=O) groups excluding carboxylic acids is 1. The van der Waals surface area contributed by atoms with E-state index >= 15 is 0 Å². The smallest absolute Gasteiger partial charge is 0.248 e. The summed E-state index contributed by atoms with van der Waals surface area (Å²) in [4.78, 5) is 12.4. The maximum Gasteiger partial charge on any atom is 0.248 e. The zero-order valence-electron chi connectivity index (χ0n) is 11.7. The number of benzene rings is 1. The van der Waals surface area contributed by atoms with Crippen molar-refractivity contribution in [2.75, 3.05) is 13.2 Å². The minimum Gasteiger partial charge on any atom is -0.490 e. The molecule has 1 fully saturated rings. The summed E-state index contributed by atoms with van der Waals surface area (Å²) in [6, 6.07) is 5.10. The van der Waals surface area contributed by atoms with Gasteiger partial charge in [-0.3, -0.25) is 4.79 Å². The van der Waals surface area contributed by atoms with Crippen LogP contribution in [0.1, 0.15) is 42.5 Å². The summed E-state index contributed by atoms with van der Waals surface area (Å²) >= 11 is 0. The molecule has 1 aromatic carbocycles. The maximum absolute atomic E-state index is 13.2. The number of halogens is 2. The maximum atomic E-state index is 13.2. The van der Waals surface area contributed by atoms with Gasteiger partial charge in [0, 0.05) is 30.7 Å². The van der Waals surface area contributed by atoms with Gasteiger partial charge in [0.15, 0.2) is 17.3 Å². The van der Waals surface area contributed by atoms with Crippen molar-refractivity contribution in [3.63, 3.8) is 0 Å². The van der Waals surface area contributed by atoms with Crippen LogP contribution in [-0.4, -0.2) is 24.9 Å². The highest BCUT2D eigenvalue weighted by Gasteiger charge is 2.37. The van der Waals surface area contributed by atoms with Gasteiger partial charge in [0.25, 0.3) is 0 Å². The van der Waals surface area contributed by atoms with Crippen LogP contribution in [-0.2, 0) is 0 Å². The van der Waals surface area contributed by atoms with Crippen LogP contribution in [0.15, 0.2) is 18.2 Å². The van der Waals surface area contributed by atoms with E-state index < -0.39 is 5.92 Å². The number of fused-ring (bicyclic) bond motifs is 1. The fraction of sp³-hybridized carbons (Fsp3) is 0.562. The Morgan fingerprint density at radius 3 is 2.48 bits per heavy atom. The van der Waals surface area contributed by atoms with Crippen molar-refractivity contribution in [2.45, 2.75) is 38.0 Å². The highest BCUT2D eigenvalue weighted by Crippen LogP contribution is 2.38. The van der Waals surface area contributed by atoms with Gasteiger partial charge in [-0.25, -0.2) is 8.78 Å². The third-order valence-corrected chi connectivity index (χ3v) is 4.12. The van der Waals surface area contributed by atoms with E-state index in [-0.39, 0.29) is 37.4 Å². The van der Waals surface area contributed by atoms with Gasteiger partial charge in [-0.15, -0.1) is 0 Å². The summed E-state index contributed by atoms with van der Waals surface area (Å²) in [6.07, 6.45) is 0.901. The van der Waals surface area contributed by atoms with E-state index in [1.165, 1.54) is 0 Å². The van der Waals surface area contributed by atoms with E-state index in [2.05, 4.69) is 0 Å². The number of ether oxygens (including phenoxy) is 2. The number of hydrogen-bond acceptors (Lipinski definition) is 3. The normalized spacial score (nSPS) is 21.6. The van der Waals surface area contributed by atoms with Gasteiger partial charge in [-0.2, -0.15) is 0 Å². The largest absolute Gasteiger partial charge is 0.490 e. The van der Waals surface area contributed by atoms with E-state index in [0.29, 0.717) is 30.3 Å². The van der Waals surface area contributed by atoms with E-state index in [9.17, 15) is 13.6 Å². The van der Waals surface area contributed by atoms with Crippen molar-refractivity contribution in [3.05, 3.63) is 23.8 Å². The fourth-order valence-electron chi connectivity index (χ4n) is 2.85. The van der Waals surface area contributed by atoms with Crippen LogP contribution in [0, 0.1) is 5.92 Å². The van der Waals surface area contributed by atoms with Gasteiger partial charge < -0.3 is 9.47 Å². The predicted octanol–water partition coefficient (Wildman–Crippen LogP) is 3.86. The zero-order valence-corrected chi connectivity index (χ0v) is 11.7. The molecule has 0 spiro atoms. The summed E-state index contributed by atoms with van der Waals surface area (Å²) in [5.74, 6) is -1.78. The first kappa shape index (κ1) is 14.3. The van der Waals surface area contributed by atoms with E-state index in [1.54, 1.807) is 18.2 Å². The Labute approximate surface area is 122 Å². The molecule has 5 heteroatoms. The van der Waals surface area contributed by atoms with Crippen molar-refractivity contribution in [1.29, 1.82) is 0 Å². The molecular weight excluding hydrogens is 278 g/mol. The third-order valence-electron chi connectivity index (χ3n) is 4.12. The molecule has 1 aromatic rings. The van der Waals surface area contributed by atoms with Crippen LogP contribution < -0.4 is 9.47 Å². The van der Waals surface area contributed by atoms with Crippen LogP contribution in [0.25, 0.3) is 0 Å². The number of hydrogen-bond donors (Lipinski definition) is 0. The number of ketones is 1. The summed E-state index contributed by atoms with van der Waals surface area (Å²) in [5, 5.41) is 0. The van der Waals surface area contributed by atoms with Crippen LogP contribution in [0.3, 0.4) is 0 Å². The van der Waals surface area contributed by atoms with Crippen molar-refractivity contribution in [2.24, 2.45) is 5.92 Å². The second-order valence-electron chi connectivity index (χ2n) is 5.71. The average molecular weight is 296 g/mol. The molecule has 114 valence electrons. The Bertz CT molecular complexity index is 532. The first-order chi connectivity index (χ1) is 10.1. The summed E-state index contributed by atoms with van der Waals surface area (Å²) in [7, 11) is 0. The lowest BCUT2D eigenvalue weighted by atomic mass is 9.82. The molecule has 21 heavy (non-hydrogen) atoms. The second-order valence-corrected chi connectivity index (χ2v) is 5.71. The summed E-state index contributed by atoms with van der Waals surface area (Å²) in [6.45, 7) is 1.15. The molecule has 0 radical (unpaired) electrons. The van der Waals surface area contributed by atoms with Crippen LogP contribution in [0.5, 0.6) is 11.5 Å². The number of Topliss-reactive ketones (excluding diaryl/α,β-unsaturated/α-hetero) is 1. The van der Waals surface area contributed by atoms with Crippen LogP contribution in [0.4, 0.5) is 8.78 Å². The monoisotopic (exact) mass is 296 g/mol. The molecule has 2 aliphatic rings. The second kappa shape index (κ2) is 5.62. The first-order valence-corrected chi connectivity index (χ1v) is 7.37.